The SMILES string of the molecule is COc1ccccc1CCN(C)C(=O)CCc1csc(-c2cccnc2)n1. The molecule has 6 heteroatoms. The number of aryl methyl sites for hydroxylation is 1. The molecule has 3 aromatic rings. The molecule has 0 bridgehead atoms. The van der Waals surface area contributed by atoms with Crippen molar-refractivity contribution in [2.45, 2.75) is 19.3 Å². The Morgan fingerprint density at radius 3 is 2.81 bits per heavy atom. The Kier molecular flexibility index (Phi) is 6.54. The van der Waals surface area contributed by atoms with Crippen LogP contribution in [0.1, 0.15) is 17.7 Å². The normalized spacial score (nSPS) is 10.6. The average Bonchev–Trinajstić information content (AvgIpc) is 3.20. The number of thiazole rings is 1. The van der Waals surface area contributed by atoms with Crippen molar-refractivity contribution >= 4 is 17.2 Å². The minimum absolute atomic E-state index is 0.126. The van der Waals surface area contributed by atoms with Gasteiger partial charge in [-0.05, 0) is 36.6 Å². The number of nitrogens with zero attached hydrogens (tertiary/aromatic N) is 3. The first-order chi connectivity index (χ1) is 13.2. The van der Waals surface area contributed by atoms with Crippen molar-refractivity contribution in [3.05, 3.63) is 65.4 Å². The van der Waals surface area contributed by atoms with Gasteiger partial charge in [0.1, 0.15) is 10.8 Å². The predicted molar refractivity (Wildman–Crippen MR) is 108 cm³/mol. The van der Waals surface area contributed by atoms with Gasteiger partial charge in [-0.25, -0.2) is 4.98 Å². The topological polar surface area (TPSA) is 55.3 Å². The van der Waals surface area contributed by atoms with Crippen LogP contribution in [0.3, 0.4) is 0 Å². The van der Waals surface area contributed by atoms with Gasteiger partial charge in [0, 0.05) is 43.4 Å². The van der Waals surface area contributed by atoms with Crippen LogP contribution in [0.15, 0.2) is 54.2 Å². The molecule has 0 N–H and O–H groups in total. The van der Waals surface area contributed by atoms with Gasteiger partial charge < -0.3 is 9.64 Å². The lowest BCUT2D eigenvalue weighted by molar-refractivity contribution is -0.129. The Morgan fingerprint density at radius 1 is 1.19 bits per heavy atom. The molecule has 2 aromatic heterocycles. The number of rotatable bonds is 8. The molecular formula is C21H23N3O2S. The maximum absolute atomic E-state index is 12.4. The lowest BCUT2D eigenvalue weighted by Crippen LogP contribution is -2.29. The van der Waals surface area contributed by atoms with Crippen LogP contribution in [0.5, 0.6) is 5.75 Å². The fraction of sp³-hybridized carbons (Fsp3) is 0.286. The number of hydrogen-bond donors (Lipinski definition) is 0. The number of methoxy groups -OCH3 is 1. The van der Waals surface area contributed by atoms with Gasteiger partial charge in [-0.15, -0.1) is 11.3 Å². The first-order valence-corrected chi connectivity index (χ1v) is 9.76. The summed E-state index contributed by atoms with van der Waals surface area (Å²) < 4.78 is 5.37. The van der Waals surface area contributed by atoms with Gasteiger partial charge in [0.25, 0.3) is 0 Å². The van der Waals surface area contributed by atoms with Gasteiger partial charge in [0.15, 0.2) is 0 Å². The molecule has 27 heavy (non-hydrogen) atoms. The monoisotopic (exact) mass is 381 g/mol. The van der Waals surface area contributed by atoms with Crippen molar-refractivity contribution in [3.8, 4) is 16.3 Å². The highest BCUT2D eigenvalue weighted by atomic mass is 32.1. The molecule has 0 aliphatic carbocycles. The van der Waals surface area contributed by atoms with Gasteiger partial charge >= 0.3 is 0 Å². The summed E-state index contributed by atoms with van der Waals surface area (Å²) in [5.74, 6) is 0.990. The van der Waals surface area contributed by atoms with Crippen molar-refractivity contribution in [1.82, 2.24) is 14.9 Å². The molecule has 1 amide bonds. The van der Waals surface area contributed by atoms with Crippen LogP contribution in [-0.2, 0) is 17.6 Å². The second-order valence-electron chi connectivity index (χ2n) is 6.26. The number of carbonyl (C=O) groups is 1. The number of pyridine rings is 1. The summed E-state index contributed by atoms with van der Waals surface area (Å²) in [6.07, 6.45) is 5.43. The van der Waals surface area contributed by atoms with Crippen LogP contribution in [0.2, 0.25) is 0 Å². The predicted octanol–water partition coefficient (Wildman–Crippen LogP) is 3.85. The largest absolute Gasteiger partial charge is 0.496 e. The number of aromatic nitrogens is 2. The standard InChI is InChI=1S/C21H23N3O2S/c1-24(13-11-16-6-3-4-8-19(16)26-2)20(25)10-9-18-15-27-21(23-18)17-7-5-12-22-14-17/h3-8,12,14-15H,9-11,13H2,1-2H3. The zero-order valence-electron chi connectivity index (χ0n) is 15.6. The molecule has 0 saturated heterocycles. The fourth-order valence-corrected chi connectivity index (χ4v) is 3.64. The Bertz CT molecular complexity index is 880. The van der Waals surface area contributed by atoms with Crippen molar-refractivity contribution in [3.63, 3.8) is 0 Å². The summed E-state index contributed by atoms with van der Waals surface area (Å²) in [7, 11) is 3.52. The molecule has 0 atom stereocenters. The lowest BCUT2D eigenvalue weighted by atomic mass is 10.1. The van der Waals surface area contributed by atoms with E-state index in [-0.39, 0.29) is 5.91 Å². The zero-order chi connectivity index (χ0) is 19.1. The van der Waals surface area contributed by atoms with Crippen LogP contribution in [-0.4, -0.2) is 41.5 Å². The average molecular weight is 382 g/mol. The van der Waals surface area contributed by atoms with E-state index in [1.807, 2.05) is 48.8 Å². The fourth-order valence-electron chi connectivity index (χ4n) is 2.79. The van der Waals surface area contributed by atoms with E-state index >= 15 is 0 Å². The minimum atomic E-state index is 0.126. The maximum atomic E-state index is 12.4. The van der Waals surface area contributed by atoms with E-state index < -0.39 is 0 Å². The first kappa shape index (κ1) is 19.0. The maximum Gasteiger partial charge on any atom is 0.222 e. The summed E-state index contributed by atoms with van der Waals surface area (Å²) in [6.45, 7) is 0.664. The number of hydrogen-bond acceptors (Lipinski definition) is 5. The van der Waals surface area contributed by atoms with Crippen molar-refractivity contribution in [2.75, 3.05) is 20.7 Å². The van der Waals surface area contributed by atoms with E-state index in [2.05, 4.69) is 9.97 Å². The highest BCUT2D eigenvalue weighted by Crippen LogP contribution is 2.23. The highest BCUT2D eigenvalue weighted by Gasteiger charge is 2.12. The van der Waals surface area contributed by atoms with E-state index in [0.717, 1.165) is 34.0 Å². The molecule has 0 aliphatic rings. The molecule has 5 nitrogen and oxygen atoms in total. The van der Waals surface area contributed by atoms with E-state index in [1.165, 1.54) is 0 Å². The third-order valence-electron chi connectivity index (χ3n) is 4.39. The minimum Gasteiger partial charge on any atom is -0.496 e. The molecule has 0 spiro atoms. The highest BCUT2D eigenvalue weighted by molar-refractivity contribution is 7.13. The van der Waals surface area contributed by atoms with Gasteiger partial charge in [-0.2, -0.15) is 0 Å². The summed E-state index contributed by atoms with van der Waals surface area (Å²) in [4.78, 5) is 22.9. The number of benzene rings is 1. The number of carbonyl (C=O) groups excluding carboxylic acids is 1. The summed E-state index contributed by atoms with van der Waals surface area (Å²) in [5, 5.41) is 2.96. The summed E-state index contributed by atoms with van der Waals surface area (Å²) in [5.41, 5.74) is 3.07. The van der Waals surface area contributed by atoms with Gasteiger partial charge in [-0.1, -0.05) is 18.2 Å². The lowest BCUT2D eigenvalue weighted by Gasteiger charge is -2.17. The molecule has 0 saturated carbocycles. The Morgan fingerprint density at radius 2 is 2.04 bits per heavy atom. The number of para-hydroxylation sites is 1. The second-order valence-corrected chi connectivity index (χ2v) is 7.12. The Balaban J connectivity index is 1.49. The van der Waals surface area contributed by atoms with Gasteiger partial charge in [0.2, 0.25) is 5.91 Å². The molecule has 0 fully saturated rings. The van der Waals surface area contributed by atoms with E-state index in [9.17, 15) is 4.79 Å². The number of ether oxygens (including phenoxy) is 1. The van der Waals surface area contributed by atoms with Crippen LogP contribution < -0.4 is 4.74 Å². The number of amides is 1. The zero-order valence-corrected chi connectivity index (χ0v) is 16.4. The summed E-state index contributed by atoms with van der Waals surface area (Å²) in [6, 6.07) is 11.8. The second kappa shape index (κ2) is 9.28. The van der Waals surface area contributed by atoms with E-state index in [4.69, 9.17) is 4.74 Å². The van der Waals surface area contributed by atoms with Crippen LogP contribution in [0, 0.1) is 0 Å². The van der Waals surface area contributed by atoms with Crippen LogP contribution in [0.25, 0.3) is 10.6 Å². The first-order valence-electron chi connectivity index (χ1n) is 8.88. The number of likely N-dealkylation sites (N-methyl/N-ethyl adjacent to an activating group) is 1. The van der Waals surface area contributed by atoms with Crippen molar-refractivity contribution < 1.29 is 9.53 Å². The third-order valence-corrected chi connectivity index (χ3v) is 5.33. The van der Waals surface area contributed by atoms with Crippen LogP contribution >= 0.6 is 11.3 Å². The smallest absolute Gasteiger partial charge is 0.222 e. The van der Waals surface area contributed by atoms with E-state index in [0.29, 0.717) is 19.4 Å². The molecule has 0 unspecified atom stereocenters. The third kappa shape index (κ3) is 5.14. The quantitative estimate of drug-likeness (QED) is 0.595. The van der Waals surface area contributed by atoms with Gasteiger partial charge in [0.05, 0.1) is 12.8 Å². The molecule has 3 rings (SSSR count). The molecule has 140 valence electrons. The van der Waals surface area contributed by atoms with Gasteiger partial charge in [-0.3, -0.25) is 9.78 Å². The molecular weight excluding hydrogens is 358 g/mol. The molecule has 2 heterocycles. The van der Waals surface area contributed by atoms with Crippen molar-refractivity contribution in [2.24, 2.45) is 0 Å². The van der Waals surface area contributed by atoms with Crippen LogP contribution in [0.4, 0.5) is 0 Å². The van der Waals surface area contributed by atoms with E-state index in [1.54, 1.807) is 35.7 Å². The molecule has 0 radical (unpaired) electrons. The Labute approximate surface area is 163 Å². The molecule has 0 aliphatic heterocycles. The molecule has 1 aromatic carbocycles. The summed E-state index contributed by atoms with van der Waals surface area (Å²) >= 11 is 1.58. The van der Waals surface area contributed by atoms with Crippen molar-refractivity contribution in [1.29, 1.82) is 0 Å². The Hall–Kier alpha value is -2.73.